The molecule has 1 fully saturated rings. The number of rotatable bonds is 6. The minimum atomic E-state index is -1.38. The molecule has 1 aliphatic rings. The Kier molecular flexibility index (Phi) is 6.80. The predicted octanol–water partition coefficient (Wildman–Crippen LogP) is 0.765. The molecule has 33 heavy (non-hydrogen) atoms. The molecular weight excluding hydrogens is 431 g/mol. The molecule has 174 valence electrons. The Balaban J connectivity index is 1.58. The molecule has 3 aromatic rings. The first-order valence-electron chi connectivity index (χ1n) is 10.5. The van der Waals surface area contributed by atoms with E-state index in [4.69, 9.17) is 4.74 Å². The number of carbonyl (C=O) groups excluding carboxylic acids is 1. The highest BCUT2D eigenvalue weighted by molar-refractivity contribution is 5.78. The molecule has 0 bridgehead atoms. The van der Waals surface area contributed by atoms with Crippen LogP contribution in [-0.4, -0.2) is 79.3 Å². The van der Waals surface area contributed by atoms with Crippen LogP contribution in [0.1, 0.15) is 11.6 Å². The summed E-state index contributed by atoms with van der Waals surface area (Å²) >= 11 is 0. The van der Waals surface area contributed by atoms with Crippen LogP contribution in [0, 0.1) is 5.82 Å². The van der Waals surface area contributed by atoms with Gasteiger partial charge in [-0.3, -0.25) is 4.79 Å². The van der Waals surface area contributed by atoms with E-state index in [0.29, 0.717) is 11.3 Å². The van der Waals surface area contributed by atoms with Crippen LogP contribution in [0.4, 0.5) is 4.39 Å². The maximum Gasteiger partial charge on any atom is 0.228 e. The molecular formula is C23H25FN4O5. The Hall–Kier alpha value is -3.18. The summed E-state index contributed by atoms with van der Waals surface area (Å²) < 4.78 is 20.5. The van der Waals surface area contributed by atoms with Gasteiger partial charge in [0.05, 0.1) is 19.2 Å². The van der Waals surface area contributed by atoms with Crippen molar-refractivity contribution in [3.8, 4) is 11.3 Å². The van der Waals surface area contributed by atoms with E-state index in [9.17, 15) is 24.5 Å². The Morgan fingerprint density at radius 3 is 2.61 bits per heavy atom. The van der Waals surface area contributed by atoms with Crippen LogP contribution < -0.4 is 0 Å². The molecule has 4 rings (SSSR count). The molecule has 1 aromatic heterocycles. The SMILES string of the molecule is CN(C(=O)Cc1ccccc1)[C@@H]1OC(CO)[C@H](O)[C@H](n2cc(-c3cccc(F)c3)nn2)C1O. The smallest absolute Gasteiger partial charge is 0.228 e. The summed E-state index contributed by atoms with van der Waals surface area (Å²) in [6.07, 6.45) is -3.37. The van der Waals surface area contributed by atoms with Crippen LogP contribution in [-0.2, 0) is 16.0 Å². The summed E-state index contributed by atoms with van der Waals surface area (Å²) in [5, 5.41) is 39.6. The molecule has 0 saturated carbocycles. The van der Waals surface area contributed by atoms with Crippen molar-refractivity contribution in [3.63, 3.8) is 0 Å². The number of ether oxygens (including phenoxy) is 1. The number of nitrogens with zero attached hydrogens (tertiary/aromatic N) is 4. The number of hydrogen-bond acceptors (Lipinski definition) is 7. The summed E-state index contributed by atoms with van der Waals surface area (Å²) in [7, 11) is 1.49. The summed E-state index contributed by atoms with van der Waals surface area (Å²) in [5.74, 6) is -0.747. The van der Waals surface area contributed by atoms with Crippen molar-refractivity contribution < 1.29 is 29.2 Å². The molecule has 3 N–H and O–H groups in total. The Morgan fingerprint density at radius 1 is 1.15 bits per heavy atom. The number of aromatic nitrogens is 3. The predicted molar refractivity (Wildman–Crippen MR) is 115 cm³/mol. The zero-order chi connectivity index (χ0) is 23.5. The number of benzene rings is 2. The molecule has 1 amide bonds. The van der Waals surface area contributed by atoms with E-state index in [2.05, 4.69) is 10.3 Å². The van der Waals surface area contributed by atoms with Gasteiger partial charge in [-0.25, -0.2) is 9.07 Å². The highest BCUT2D eigenvalue weighted by atomic mass is 19.1. The van der Waals surface area contributed by atoms with Crippen molar-refractivity contribution in [2.45, 2.75) is 37.0 Å². The minimum absolute atomic E-state index is 0.0912. The van der Waals surface area contributed by atoms with Crippen LogP contribution in [0.2, 0.25) is 0 Å². The second-order valence-corrected chi connectivity index (χ2v) is 7.98. The van der Waals surface area contributed by atoms with E-state index in [1.165, 1.54) is 41.0 Å². The van der Waals surface area contributed by atoms with E-state index in [1.807, 2.05) is 30.3 Å². The van der Waals surface area contributed by atoms with Gasteiger partial charge in [-0.05, 0) is 17.7 Å². The van der Waals surface area contributed by atoms with Crippen LogP contribution in [0.25, 0.3) is 11.3 Å². The molecule has 9 nitrogen and oxygen atoms in total. The van der Waals surface area contributed by atoms with Gasteiger partial charge in [0, 0.05) is 12.6 Å². The standard InChI is InChI=1S/C23H25FN4O5/c1-27(19(30)10-14-6-3-2-4-7-14)23-22(32)20(21(31)18(13-29)33-23)28-12-17(25-26-28)15-8-5-9-16(24)11-15/h2-9,11-12,18,20-23,29,31-32H,10,13H2,1H3/t18?,20-,21-,22?,23+/m0/s1. The van der Waals surface area contributed by atoms with Gasteiger partial charge < -0.3 is 25.0 Å². The monoisotopic (exact) mass is 456 g/mol. The van der Waals surface area contributed by atoms with Crippen LogP contribution >= 0.6 is 0 Å². The lowest BCUT2D eigenvalue weighted by atomic mass is 9.94. The topological polar surface area (TPSA) is 121 Å². The summed E-state index contributed by atoms with van der Waals surface area (Å²) in [5.41, 5.74) is 1.61. The lowest BCUT2D eigenvalue weighted by molar-refractivity contribution is -0.241. The normalized spacial score (nSPS) is 25.1. The second-order valence-electron chi connectivity index (χ2n) is 7.98. The molecule has 2 unspecified atom stereocenters. The Bertz CT molecular complexity index is 1100. The molecule has 2 heterocycles. The second kappa shape index (κ2) is 9.75. The van der Waals surface area contributed by atoms with Gasteiger partial charge >= 0.3 is 0 Å². The molecule has 1 aliphatic heterocycles. The average molecular weight is 456 g/mol. The van der Waals surface area contributed by atoms with Crippen molar-refractivity contribution in [1.82, 2.24) is 19.9 Å². The van der Waals surface area contributed by atoms with Crippen LogP contribution in [0.15, 0.2) is 60.8 Å². The zero-order valence-corrected chi connectivity index (χ0v) is 17.9. The zero-order valence-electron chi connectivity index (χ0n) is 17.9. The van der Waals surface area contributed by atoms with Gasteiger partial charge in [-0.1, -0.05) is 47.7 Å². The fourth-order valence-corrected chi connectivity index (χ4v) is 3.95. The van der Waals surface area contributed by atoms with Crippen molar-refractivity contribution in [3.05, 3.63) is 72.2 Å². The molecule has 0 spiro atoms. The third kappa shape index (κ3) is 4.79. The fraction of sp³-hybridized carbons (Fsp3) is 0.348. The van der Waals surface area contributed by atoms with Gasteiger partial charge in [-0.2, -0.15) is 0 Å². The number of carbonyl (C=O) groups is 1. The largest absolute Gasteiger partial charge is 0.394 e. The fourth-order valence-electron chi connectivity index (χ4n) is 3.95. The Morgan fingerprint density at radius 2 is 1.91 bits per heavy atom. The van der Waals surface area contributed by atoms with Crippen molar-refractivity contribution in [2.24, 2.45) is 0 Å². The number of halogens is 1. The van der Waals surface area contributed by atoms with Gasteiger partial charge in [-0.15, -0.1) is 5.10 Å². The molecule has 5 atom stereocenters. The molecule has 10 heteroatoms. The number of aliphatic hydroxyl groups is 3. The molecule has 1 saturated heterocycles. The lowest BCUT2D eigenvalue weighted by Crippen LogP contribution is -2.61. The summed E-state index contributed by atoms with van der Waals surface area (Å²) in [6, 6.07) is 13.8. The lowest BCUT2D eigenvalue weighted by Gasteiger charge is -2.45. The number of aliphatic hydroxyl groups excluding tert-OH is 3. The number of likely N-dealkylation sites (N-methyl/N-ethyl adjacent to an activating group) is 1. The van der Waals surface area contributed by atoms with E-state index in [-0.39, 0.29) is 12.3 Å². The average Bonchev–Trinajstić information content (AvgIpc) is 3.29. The van der Waals surface area contributed by atoms with E-state index in [1.54, 1.807) is 6.07 Å². The first kappa shape index (κ1) is 23.0. The van der Waals surface area contributed by atoms with Crippen molar-refractivity contribution in [1.29, 1.82) is 0 Å². The van der Waals surface area contributed by atoms with E-state index in [0.717, 1.165) is 5.56 Å². The first-order valence-corrected chi connectivity index (χ1v) is 10.5. The minimum Gasteiger partial charge on any atom is -0.394 e. The third-order valence-corrected chi connectivity index (χ3v) is 5.78. The number of amides is 1. The van der Waals surface area contributed by atoms with Crippen LogP contribution in [0.3, 0.4) is 0 Å². The quantitative estimate of drug-likeness (QED) is 0.501. The maximum absolute atomic E-state index is 13.6. The van der Waals surface area contributed by atoms with Gasteiger partial charge in [0.15, 0.2) is 6.23 Å². The van der Waals surface area contributed by atoms with Gasteiger partial charge in [0.2, 0.25) is 5.91 Å². The third-order valence-electron chi connectivity index (χ3n) is 5.78. The van der Waals surface area contributed by atoms with Crippen molar-refractivity contribution >= 4 is 5.91 Å². The summed E-state index contributed by atoms with van der Waals surface area (Å²) in [4.78, 5) is 14.1. The maximum atomic E-state index is 13.6. The highest BCUT2D eigenvalue weighted by Crippen LogP contribution is 2.32. The van der Waals surface area contributed by atoms with Crippen LogP contribution in [0.5, 0.6) is 0 Å². The molecule has 2 aromatic carbocycles. The van der Waals surface area contributed by atoms with Gasteiger partial charge in [0.1, 0.15) is 35.9 Å². The number of hydrogen-bond donors (Lipinski definition) is 3. The van der Waals surface area contributed by atoms with E-state index < -0.39 is 43.0 Å². The highest BCUT2D eigenvalue weighted by Gasteiger charge is 2.48. The Labute approximate surface area is 189 Å². The van der Waals surface area contributed by atoms with E-state index >= 15 is 0 Å². The molecule has 0 radical (unpaired) electrons. The first-order chi connectivity index (χ1) is 15.9. The van der Waals surface area contributed by atoms with Gasteiger partial charge in [0.25, 0.3) is 0 Å². The molecule has 0 aliphatic carbocycles. The van der Waals surface area contributed by atoms with Crippen molar-refractivity contribution in [2.75, 3.05) is 13.7 Å². The summed E-state index contributed by atoms with van der Waals surface area (Å²) in [6.45, 7) is -0.535.